The minimum absolute atomic E-state index is 0.0597. The Morgan fingerprint density at radius 3 is 1.53 bits per heavy atom. The monoisotopic (exact) mass is 518 g/mol. The maximum absolute atomic E-state index is 11.4. The van der Waals surface area contributed by atoms with Gasteiger partial charge < -0.3 is 0 Å². The summed E-state index contributed by atoms with van der Waals surface area (Å²) in [6.07, 6.45) is 10.4. The zero-order chi connectivity index (χ0) is 21.9. The first-order chi connectivity index (χ1) is 14.4. The van der Waals surface area contributed by atoms with Gasteiger partial charge in [-0.25, -0.2) is 0 Å². The molecule has 0 bridgehead atoms. The van der Waals surface area contributed by atoms with E-state index in [4.69, 9.17) is 0 Å². The van der Waals surface area contributed by atoms with Crippen molar-refractivity contribution in [3.8, 4) is 0 Å². The molecular formula is C22H30O2S6. The van der Waals surface area contributed by atoms with E-state index in [-0.39, 0.29) is 10.2 Å². The van der Waals surface area contributed by atoms with Gasteiger partial charge in [-0.1, -0.05) is 62.4 Å². The molecule has 2 aliphatic rings. The van der Waals surface area contributed by atoms with Crippen LogP contribution in [-0.4, -0.2) is 30.9 Å². The highest BCUT2D eigenvalue weighted by Gasteiger charge is 2.24. The molecule has 0 radical (unpaired) electrons. The van der Waals surface area contributed by atoms with Gasteiger partial charge in [0.05, 0.1) is 9.16 Å². The van der Waals surface area contributed by atoms with Gasteiger partial charge in [-0.15, -0.1) is 47.0 Å². The number of unbranched alkanes of at least 4 members (excludes halogenated alkanes) is 3. The highest BCUT2D eigenvalue weighted by Crippen LogP contribution is 2.49. The fourth-order valence-corrected chi connectivity index (χ4v) is 11.1. The number of carbonyl (C=O) groups excluding carboxylic acids is 2. The van der Waals surface area contributed by atoms with Crippen LogP contribution in [-0.2, 0) is 9.59 Å². The van der Waals surface area contributed by atoms with Crippen molar-refractivity contribution in [3.63, 3.8) is 0 Å². The van der Waals surface area contributed by atoms with Crippen LogP contribution >= 0.6 is 70.6 Å². The van der Waals surface area contributed by atoms with Crippen molar-refractivity contribution in [2.75, 3.05) is 11.5 Å². The van der Waals surface area contributed by atoms with E-state index in [0.717, 1.165) is 11.5 Å². The van der Waals surface area contributed by atoms with Gasteiger partial charge in [-0.3, -0.25) is 9.59 Å². The van der Waals surface area contributed by atoms with Crippen molar-refractivity contribution in [2.24, 2.45) is 0 Å². The summed E-state index contributed by atoms with van der Waals surface area (Å²) in [6.45, 7) is 11.4. The normalized spacial score (nSPS) is 21.4. The molecule has 0 fully saturated rings. The molecular weight excluding hydrogens is 489 g/mol. The zero-order valence-electron chi connectivity index (χ0n) is 17.6. The van der Waals surface area contributed by atoms with Crippen LogP contribution < -0.4 is 0 Å². The maximum atomic E-state index is 11.4. The molecule has 166 valence electrons. The van der Waals surface area contributed by atoms with Gasteiger partial charge in [-0.05, 0) is 48.7 Å². The number of hydrogen-bond acceptors (Lipinski definition) is 8. The first-order valence-corrected chi connectivity index (χ1v) is 15.6. The van der Waals surface area contributed by atoms with Crippen LogP contribution in [0, 0.1) is 0 Å². The molecule has 0 spiro atoms. The summed E-state index contributed by atoms with van der Waals surface area (Å²) in [4.78, 5) is 28.3. The molecule has 0 amide bonds. The van der Waals surface area contributed by atoms with Crippen LogP contribution in [0.1, 0.15) is 52.4 Å². The number of carbonyl (C=O) groups is 2. The van der Waals surface area contributed by atoms with E-state index in [1.165, 1.54) is 93.8 Å². The predicted octanol–water partition coefficient (Wildman–Crippen LogP) is 8.29. The van der Waals surface area contributed by atoms with Crippen molar-refractivity contribution in [1.82, 2.24) is 0 Å². The molecule has 30 heavy (non-hydrogen) atoms. The summed E-state index contributed by atoms with van der Waals surface area (Å²) in [6, 6.07) is 0. The average molecular weight is 519 g/mol. The second-order valence-electron chi connectivity index (χ2n) is 6.90. The van der Waals surface area contributed by atoms with Gasteiger partial charge in [0.2, 0.25) is 10.2 Å². The van der Waals surface area contributed by atoms with E-state index >= 15 is 0 Å². The molecule has 0 saturated heterocycles. The Balaban J connectivity index is 1.52. The fourth-order valence-electron chi connectivity index (χ4n) is 2.93. The van der Waals surface area contributed by atoms with Gasteiger partial charge >= 0.3 is 0 Å². The largest absolute Gasteiger partial charge is 0.282 e. The lowest BCUT2D eigenvalue weighted by atomic mass is 10.1. The number of rotatable bonds is 13. The van der Waals surface area contributed by atoms with Gasteiger partial charge in [0.15, 0.2) is 0 Å². The number of allylic oxidation sites excluding steroid dienone is 2. The van der Waals surface area contributed by atoms with Crippen molar-refractivity contribution in [1.29, 1.82) is 0 Å². The molecule has 0 saturated carbocycles. The molecule has 0 aromatic carbocycles. The van der Waals surface area contributed by atoms with Crippen LogP contribution in [0.3, 0.4) is 0 Å². The number of hydrogen-bond donors (Lipinski definition) is 0. The fraction of sp³-hybridized carbons (Fsp3) is 0.545. The van der Waals surface area contributed by atoms with Gasteiger partial charge in [0.25, 0.3) is 0 Å². The second-order valence-corrected chi connectivity index (χ2v) is 14.9. The Morgan fingerprint density at radius 2 is 1.17 bits per heavy atom. The predicted molar refractivity (Wildman–Crippen MR) is 146 cm³/mol. The quantitative estimate of drug-likeness (QED) is 0.178. The molecule has 2 nitrogen and oxygen atoms in total. The summed E-state index contributed by atoms with van der Waals surface area (Å²) in [5.41, 5.74) is 0. The van der Waals surface area contributed by atoms with E-state index in [1.54, 1.807) is 0 Å². The molecule has 2 rings (SSSR count). The Kier molecular flexibility index (Phi) is 12.9. The molecule has 2 heterocycles. The van der Waals surface area contributed by atoms with E-state index < -0.39 is 0 Å². The van der Waals surface area contributed by atoms with Crippen molar-refractivity contribution in [2.45, 2.75) is 61.5 Å². The summed E-state index contributed by atoms with van der Waals surface area (Å²) in [5, 5.41) is 0.119. The van der Waals surface area contributed by atoms with Crippen molar-refractivity contribution in [3.05, 3.63) is 44.9 Å². The van der Waals surface area contributed by atoms with Gasteiger partial charge in [-0.2, -0.15) is 0 Å². The molecule has 8 heteroatoms. The van der Waals surface area contributed by atoms with Crippen molar-refractivity contribution >= 4 is 80.8 Å². The third kappa shape index (κ3) is 9.49. The molecule has 0 aliphatic carbocycles. The highest BCUT2D eigenvalue weighted by atomic mass is 32.2. The minimum atomic E-state index is 0.0597. The van der Waals surface area contributed by atoms with E-state index in [0.29, 0.717) is 9.16 Å². The molecule has 0 aromatic heterocycles. The van der Waals surface area contributed by atoms with Crippen LogP contribution in [0.2, 0.25) is 0 Å². The topological polar surface area (TPSA) is 34.1 Å². The lowest BCUT2D eigenvalue weighted by molar-refractivity contribution is -0.107. The summed E-state index contributed by atoms with van der Waals surface area (Å²) < 4.78 is 1.23. The smallest absolute Gasteiger partial charge is 0.211 e. The highest BCUT2D eigenvalue weighted by molar-refractivity contribution is 8.25. The van der Waals surface area contributed by atoms with Crippen LogP contribution in [0.4, 0.5) is 0 Å². The van der Waals surface area contributed by atoms with Gasteiger partial charge in [0, 0.05) is 21.3 Å². The van der Waals surface area contributed by atoms with Crippen LogP contribution in [0.5, 0.6) is 0 Å². The average Bonchev–Trinajstić information content (AvgIpc) is 3.28. The van der Waals surface area contributed by atoms with E-state index in [2.05, 4.69) is 27.0 Å². The Morgan fingerprint density at radius 1 is 0.767 bits per heavy atom. The molecule has 0 N–H and O–H groups in total. The van der Waals surface area contributed by atoms with E-state index in [9.17, 15) is 9.59 Å². The van der Waals surface area contributed by atoms with Gasteiger partial charge in [0.1, 0.15) is 0 Å². The molecule has 0 aromatic rings. The standard InChI is InChI=1S/C22H30O2S6/c1-5-19(23)25-13-17-15(3)27-21(29-17)11-9-7-8-10-12-22-28-16(4)18(30-22)14-26-20(24)6-2/h5-6,21-22H,1-2,7-14H2,3-4H3. The molecule has 2 unspecified atom stereocenters. The third-order valence-corrected chi connectivity index (χ3v) is 12.8. The molecule has 2 atom stereocenters. The number of thioether (sulfide) groups is 6. The Labute approximate surface area is 207 Å². The minimum Gasteiger partial charge on any atom is -0.282 e. The maximum Gasteiger partial charge on any atom is 0.211 e. The first kappa shape index (κ1) is 26.7. The summed E-state index contributed by atoms with van der Waals surface area (Å²) in [5.74, 6) is 1.58. The van der Waals surface area contributed by atoms with Crippen molar-refractivity contribution < 1.29 is 9.59 Å². The van der Waals surface area contributed by atoms with Crippen LogP contribution in [0.25, 0.3) is 0 Å². The Hall–Kier alpha value is 0.400. The Bertz CT molecular complexity index is 652. The lowest BCUT2D eigenvalue weighted by Crippen LogP contribution is -1.96. The van der Waals surface area contributed by atoms with E-state index in [1.807, 2.05) is 47.0 Å². The lowest BCUT2D eigenvalue weighted by Gasteiger charge is -2.10. The third-order valence-electron chi connectivity index (χ3n) is 4.60. The molecule has 2 aliphatic heterocycles. The zero-order valence-corrected chi connectivity index (χ0v) is 22.5. The van der Waals surface area contributed by atoms with Crippen LogP contribution in [0.15, 0.2) is 44.9 Å². The summed E-state index contributed by atoms with van der Waals surface area (Å²) >= 11 is 10.6. The first-order valence-electron chi connectivity index (χ1n) is 10.1. The second kappa shape index (κ2) is 14.5. The summed E-state index contributed by atoms with van der Waals surface area (Å²) in [7, 11) is 0. The SMILES string of the molecule is C=CC(=O)SCC1=C(C)SC(CCCCCCC2SC(C)=C(CSC(=O)C=C)S2)S1.